The Labute approximate surface area is 156 Å². The average Bonchev–Trinajstić information content (AvgIpc) is 2.65. The van der Waals surface area contributed by atoms with E-state index >= 15 is 0 Å². The fourth-order valence-corrected chi connectivity index (χ4v) is 3.00. The van der Waals surface area contributed by atoms with Gasteiger partial charge < -0.3 is 10.1 Å². The molecule has 0 spiro atoms. The summed E-state index contributed by atoms with van der Waals surface area (Å²) in [6.07, 6.45) is 0. The van der Waals surface area contributed by atoms with Gasteiger partial charge in [0.25, 0.3) is 0 Å². The lowest BCUT2D eigenvalue weighted by Gasteiger charge is -2.08. The van der Waals surface area contributed by atoms with E-state index in [1.807, 2.05) is 0 Å². The molecule has 0 atom stereocenters. The molecule has 0 saturated carbocycles. The van der Waals surface area contributed by atoms with E-state index in [4.69, 9.17) is 16.3 Å². The molecule has 2 rings (SSSR count). The normalized spacial score (nSPS) is 11.0. The van der Waals surface area contributed by atoms with Gasteiger partial charge in [-0.05, 0) is 29.8 Å². The third kappa shape index (κ3) is 6.47. The lowest BCUT2D eigenvalue weighted by atomic mass is 10.2. The summed E-state index contributed by atoms with van der Waals surface area (Å²) in [6.45, 7) is -0.798. The minimum Gasteiger partial charge on any atom is -0.460 e. The lowest BCUT2D eigenvalue weighted by Crippen LogP contribution is -2.39. The number of benzene rings is 2. The highest BCUT2D eigenvalue weighted by atomic mass is 35.5. The second-order valence-electron chi connectivity index (χ2n) is 5.20. The van der Waals surface area contributed by atoms with E-state index in [1.165, 1.54) is 12.1 Å². The molecular weight excluding hydrogens is 380 g/mol. The van der Waals surface area contributed by atoms with Crippen molar-refractivity contribution in [2.45, 2.75) is 11.5 Å². The number of sulfonamides is 1. The maximum Gasteiger partial charge on any atom is 0.325 e. The van der Waals surface area contributed by atoms with Gasteiger partial charge in [-0.25, -0.2) is 13.1 Å². The fourth-order valence-electron chi connectivity index (χ4n) is 1.87. The van der Waals surface area contributed by atoms with Gasteiger partial charge >= 0.3 is 5.97 Å². The van der Waals surface area contributed by atoms with Gasteiger partial charge in [0.15, 0.2) is 0 Å². The van der Waals surface area contributed by atoms with Gasteiger partial charge in [-0.3, -0.25) is 9.59 Å². The quantitative estimate of drug-likeness (QED) is 0.658. The van der Waals surface area contributed by atoms with Crippen LogP contribution in [0, 0.1) is 0 Å². The SMILES string of the molecule is O=C(CNS(=O)(=O)c1ccccc1)NCC(=O)OCc1ccc(Cl)cc1. The zero-order valence-corrected chi connectivity index (χ0v) is 15.2. The molecule has 0 saturated heterocycles. The molecule has 0 aliphatic heterocycles. The summed E-state index contributed by atoms with van der Waals surface area (Å²) in [5.74, 6) is -1.29. The molecular formula is C17H17ClN2O5S. The number of ether oxygens (including phenoxy) is 1. The Balaban J connectivity index is 1.71. The average molecular weight is 397 g/mol. The molecule has 0 aliphatic carbocycles. The Bertz CT molecular complexity index is 854. The molecule has 2 N–H and O–H groups in total. The number of rotatable bonds is 8. The summed E-state index contributed by atoms with van der Waals surface area (Å²) in [7, 11) is -3.78. The van der Waals surface area contributed by atoms with Crippen molar-refractivity contribution in [3.05, 3.63) is 65.2 Å². The summed E-state index contributed by atoms with van der Waals surface area (Å²) in [5.41, 5.74) is 0.754. The van der Waals surface area contributed by atoms with E-state index in [2.05, 4.69) is 10.0 Å². The van der Waals surface area contributed by atoms with Gasteiger partial charge in [0.2, 0.25) is 15.9 Å². The van der Waals surface area contributed by atoms with Crippen LogP contribution < -0.4 is 10.0 Å². The zero-order valence-electron chi connectivity index (χ0n) is 13.6. The van der Waals surface area contributed by atoms with Gasteiger partial charge in [-0.1, -0.05) is 41.9 Å². The Morgan fingerprint density at radius 2 is 1.62 bits per heavy atom. The van der Waals surface area contributed by atoms with E-state index in [0.29, 0.717) is 5.02 Å². The first-order valence-electron chi connectivity index (χ1n) is 7.58. The van der Waals surface area contributed by atoms with Crippen LogP contribution in [0.5, 0.6) is 0 Å². The van der Waals surface area contributed by atoms with Gasteiger partial charge in [0.1, 0.15) is 13.2 Å². The number of hydrogen-bond acceptors (Lipinski definition) is 5. The van der Waals surface area contributed by atoms with Crippen molar-refractivity contribution in [2.24, 2.45) is 0 Å². The molecule has 9 heteroatoms. The predicted molar refractivity (Wildman–Crippen MR) is 95.9 cm³/mol. The van der Waals surface area contributed by atoms with Crippen molar-refractivity contribution in [1.29, 1.82) is 0 Å². The van der Waals surface area contributed by atoms with Crippen LogP contribution >= 0.6 is 11.6 Å². The zero-order chi connectivity index (χ0) is 19.0. The summed E-state index contributed by atoms with van der Waals surface area (Å²) < 4.78 is 31.1. The minimum absolute atomic E-state index is 0.0481. The molecule has 0 aromatic heterocycles. The molecule has 26 heavy (non-hydrogen) atoms. The third-order valence-electron chi connectivity index (χ3n) is 3.22. The van der Waals surface area contributed by atoms with Crippen LogP contribution in [0.4, 0.5) is 0 Å². The highest BCUT2D eigenvalue weighted by Gasteiger charge is 2.15. The summed E-state index contributed by atoms with van der Waals surface area (Å²) in [5, 5.41) is 2.86. The van der Waals surface area contributed by atoms with E-state index < -0.39 is 28.4 Å². The van der Waals surface area contributed by atoms with Gasteiger partial charge in [-0.2, -0.15) is 0 Å². The summed E-state index contributed by atoms with van der Waals surface area (Å²) in [6, 6.07) is 14.4. The standard InChI is InChI=1S/C17H17ClN2O5S/c18-14-8-6-13(7-9-14)12-25-17(22)11-19-16(21)10-20-26(23,24)15-4-2-1-3-5-15/h1-9,20H,10-12H2,(H,19,21). The largest absolute Gasteiger partial charge is 0.460 e. The topological polar surface area (TPSA) is 102 Å². The van der Waals surface area contributed by atoms with Gasteiger partial charge in [-0.15, -0.1) is 0 Å². The number of carbonyl (C=O) groups excluding carboxylic acids is 2. The van der Waals surface area contributed by atoms with E-state index in [0.717, 1.165) is 5.56 Å². The summed E-state index contributed by atoms with van der Waals surface area (Å²) in [4.78, 5) is 23.3. The molecule has 7 nitrogen and oxygen atoms in total. The Hall–Kier alpha value is -2.42. The molecule has 1 amide bonds. The van der Waals surface area contributed by atoms with Crippen molar-refractivity contribution in [3.63, 3.8) is 0 Å². The number of halogens is 1. The van der Waals surface area contributed by atoms with E-state index in [1.54, 1.807) is 42.5 Å². The van der Waals surface area contributed by atoms with Crippen LogP contribution in [0.3, 0.4) is 0 Å². The van der Waals surface area contributed by atoms with Crippen molar-refractivity contribution >= 4 is 33.5 Å². The molecule has 0 bridgehead atoms. The van der Waals surface area contributed by atoms with Crippen LogP contribution in [-0.2, 0) is 31.0 Å². The van der Waals surface area contributed by atoms with Crippen LogP contribution in [0.25, 0.3) is 0 Å². The highest BCUT2D eigenvalue weighted by molar-refractivity contribution is 7.89. The molecule has 2 aromatic carbocycles. The first-order chi connectivity index (χ1) is 12.4. The molecule has 2 aromatic rings. The Kier molecular flexibility index (Phi) is 7.14. The van der Waals surface area contributed by atoms with Crippen LogP contribution in [-0.4, -0.2) is 33.4 Å². The van der Waals surface area contributed by atoms with Crippen LogP contribution in [0.2, 0.25) is 5.02 Å². The highest BCUT2D eigenvalue weighted by Crippen LogP contribution is 2.10. The first-order valence-corrected chi connectivity index (χ1v) is 9.44. The monoisotopic (exact) mass is 396 g/mol. The van der Waals surface area contributed by atoms with E-state index in [9.17, 15) is 18.0 Å². The Morgan fingerprint density at radius 1 is 0.962 bits per heavy atom. The van der Waals surface area contributed by atoms with Gasteiger partial charge in [0.05, 0.1) is 11.4 Å². The third-order valence-corrected chi connectivity index (χ3v) is 4.89. The molecule has 0 radical (unpaired) electrons. The molecule has 0 heterocycles. The predicted octanol–water partition coefficient (Wildman–Crippen LogP) is 1.48. The van der Waals surface area contributed by atoms with Crippen molar-refractivity contribution in [2.75, 3.05) is 13.1 Å². The van der Waals surface area contributed by atoms with Gasteiger partial charge in [0, 0.05) is 5.02 Å². The maximum absolute atomic E-state index is 12.0. The number of amides is 1. The maximum atomic E-state index is 12.0. The summed E-state index contributed by atoms with van der Waals surface area (Å²) >= 11 is 5.76. The van der Waals surface area contributed by atoms with Crippen LogP contribution in [0.1, 0.15) is 5.56 Å². The second kappa shape index (κ2) is 9.33. The van der Waals surface area contributed by atoms with Crippen molar-refractivity contribution in [3.8, 4) is 0 Å². The molecule has 0 fully saturated rings. The smallest absolute Gasteiger partial charge is 0.325 e. The van der Waals surface area contributed by atoms with E-state index in [-0.39, 0.29) is 18.0 Å². The second-order valence-corrected chi connectivity index (χ2v) is 7.40. The molecule has 138 valence electrons. The number of hydrogen-bond donors (Lipinski definition) is 2. The number of carbonyl (C=O) groups is 2. The fraction of sp³-hybridized carbons (Fsp3) is 0.176. The van der Waals surface area contributed by atoms with Crippen LogP contribution in [0.15, 0.2) is 59.5 Å². The van der Waals surface area contributed by atoms with Crippen molar-refractivity contribution in [1.82, 2.24) is 10.0 Å². The number of esters is 1. The molecule has 0 aliphatic rings. The first kappa shape index (κ1) is 19.9. The molecule has 0 unspecified atom stereocenters. The number of nitrogens with one attached hydrogen (secondary N) is 2. The lowest BCUT2D eigenvalue weighted by molar-refractivity contribution is -0.145. The minimum atomic E-state index is -3.78. The Morgan fingerprint density at radius 3 is 2.27 bits per heavy atom. The van der Waals surface area contributed by atoms with Crippen molar-refractivity contribution < 1.29 is 22.7 Å².